The fourth-order valence-electron chi connectivity index (χ4n) is 1.65. The van der Waals surface area contributed by atoms with Crippen molar-refractivity contribution < 1.29 is 0 Å². The Morgan fingerprint density at radius 2 is 2.06 bits per heavy atom. The first kappa shape index (κ1) is 12.3. The van der Waals surface area contributed by atoms with Crippen LogP contribution >= 0.6 is 11.6 Å². The van der Waals surface area contributed by atoms with E-state index >= 15 is 0 Å². The largest absolute Gasteiger partial charge is 0.339 e. The van der Waals surface area contributed by atoms with E-state index in [4.69, 9.17) is 16.9 Å². The lowest BCUT2D eigenvalue weighted by molar-refractivity contribution is 1.06. The first-order valence-electron chi connectivity index (χ1n) is 5.38. The van der Waals surface area contributed by atoms with Crippen molar-refractivity contribution in [1.82, 2.24) is 9.97 Å². The van der Waals surface area contributed by atoms with E-state index in [9.17, 15) is 0 Å². The van der Waals surface area contributed by atoms with E-state index in [-0.39, 0.29) is 0 Å². The number of hydrogen-bond acceptors (Lipinski definition) is 4. The van der Waals surface area contributed by atoms with Crippen LogP contribution in [0.25, 0.3) is 0 Å². The minimum Gasteiger partial charge on any atom is -0.339 e. The van der Waals surface area contributed by atoms with Crippen molar-refractivity contribution in [2.24, 2.45) is 0 Å². The Morgan fingerprint density at radius 1 is 1.28 bits per heavy atom. The second-order valence-electron chi connectivity index (χ2n) is 3.86. The van der Waals surface area contributed by atoms with Gasteiger partial charge in [-0.05, 0) is 25.5 Å². The third kappa shape index (κ3) is 2.58. The molecule has 0 saturated heterocycles. The van der Waals surface area contributed by atoms with Gasteiger partial charge in [-0.15, -0.1) is 0 Å². The van der Waals surface area contributed by atoms with Gasteiger partial charge in [0.05, 0.1) is 11.3 Å². The monoisotopic (exact) mass is 258 g/mol. The highest BCUT2D eigenvalue weighted by molar-refractivity contribution is 6.29. The van der Waals surface area contributed by atoms with Crippen LogP contribution < -0.4 is 5.32 Å². The van der Waals surface area contributed by atoms with Crippen molar-refractivity contribution in [1.29, 1.82) is 5.26 Å². The summed E-state index contributed by atoms with van der Waals surface area (Å²) in [4.78, 5) is 8.20. The zero-order valence-corrected chi connectivity index (χ0v) is 10.8. The Morgan fingerprint density at radius 3 is 2.72 bits per heavy atom. The van der Waals surface area contributed by atoms with Gasteiger partial charge in [0, 0.05) is 6.07 Å². The molecule has 90 valence electrons. The maximum atomic E-state index is 9.14. The summed E-state index contributed by atoms with van der Waals surface area (Å²) in [7, 11) is 0. The highest BCUT2D eigenvalue weighted by Crippen LogP contribution is 2.23. The summed E-state index contributed by atoms with van der Waals surface area (Å²) in [5.41, 5.74) is 2.23. The highest BCUT2D eigenvalue weighted by Gasteiger charge is 2.06. The van der Waals surface area contributed by atoms with Gasteiger partial charge < -0.3 is 5.32 Å². The Bertz CT molecular complexity index is 611. The number of rotatable bonds is 2. The molecule has 1 aromatic carbocycles. The van der Waals surface area contributed by atoms with E-state index in [2.05, 4.69) is 21.4 Å². The third-order valence-corrected chi connectivity index (χ3v) is 2.65. The van der Waals surface area contributed by atoms with Crippen molar-refractivity contribution >= 4 is 23.1 Å². The van der Waals surface area contributed by atoms with Gasteiger partial charge in [0.25, 0.3) is 0 Å². The number of aromatic nitrogens is 2. The molecule has 1 heterocycles. The van der Waals surface area contributed by atoms with E-state index in [0.29, 0.717) is 28.0 Å². The smallest absolute Gasteiger partial charge is 0.135 e. The molecule has 0 amide bonds. The van der Waals surface area contributed by atoms with Gasteiger partial charge in [0.1, 0.15) is 22.9 Å². The summed E-state index contributed by atoms with van der Waals surface area (Å²) in [5.74, 6) is 1.16. The third-order valence-electron chi connectivity index (χ3n) is 2.45. The fourth-order valence-corrected chi connectivity index (χ4v) is 1.88. The molecule has 0 bridgehead atoms. The lowest BCUT2D eigenvalue weighted by Gasteiger charge is -2.09. The van der Waals surface area contributed by atoms with Crippen molar-refractivity contribution in [3.05, 3.63) is 46.4 Å². The van der Waals surface area contributed by atoms with Gasteiger partial charge in [-0.3, -0.25) is 0 Å². The Balaban J connectivity index is 2.40. The van der Waals surface area contributed by atoms with Crippen molar-refractivity contribution in [2.45, 2.75) is 13.8 Å². The van der Waals surface area contributed by atoms with Gasteiger partial charge in [0.2, 0.25) is 0 Å². The molecule has 18 heavy (non-hydrogen) atoms. The zero-order valence-electron chi connectivity index (χ0n) is 10.0. The molecule has 0 aliphatic carbocycles. The number of anilines is 2. The molecule has 2 aromatic rings. The van der Waals surface area contributed by atoms with Gasteiger partial charge in [-0.1, -0.05) is 23.7 Å². The summed E-state index contributed by atoms with van der Waals surface area (Å²) in [6.07, 6.45) is 0. The Kier molecular flexibility index (Phi) is 3.45. The molecular weight excluding hydrogens is 248 g/mol. The number of hydrogen-bond donors (Lipinski definition) is 1. The molecule has 2 rings (SSSR count). The molecule has 0 saturated carbocycles. The first-order valence-corrected chi connectivity index (χ1v) is 5.76. The molecule has 4 nitrogen and oxygen atoms in total. The summed E-state index contributed by atoms with van der Waals surface area (Å²) in [5, 5.41) is 12.6. The fraction of sp³-hybridized carbons (Fsp3) is 0.154. The quantitative estimate of drug-likeness (QED) is 0.839. The van der Waals surface area contributed by atoms with Crippen LogP contribution in [0.15, 0.2) is 24.3 Å². The average molecular weight is 259 g/mol. The molecule has 0 aliphatic heterocycles. The van der Waals surface area contributed by atoms with E-state index in [1.165, 1.54) is 0 Å². The number of nitrogens with one attached hydrogen (secondary N) is 1. The van der Waals surface area contributed by atoms with Crippen LogP contribution in [-0.4, -0.2) is 9.97 Å². The van der Waals surface area contributed by atoms with Gasteiger partial charge in [-0.25, -0.2) is 9.97 Å². The second-order valence-corrected chi connectivity index (χ2v) is 4.24. The summed E-state index contributed by atoms with van der Waals surface area (Å²) >= 11 is 5.87. The minimum atomic E-state index is 0.371. The molecule has 0 fully saturated rings. The zero-order chi connectivity index (χ0) is 13.1. The van der Waals surface area contributed by atoms with E-state index < -0.39 is 0 Å². The van der Waals surface area contributed by atoms with Crippen LogP contribution in [0.3, 0.4) is 0 Å². The number of nitrogens with zero attached hydrogens (tertiary/aromatic N) is 3. The van der Waals surface area contributed by atoms with E-state index in [1.807, 2.05) is 25.1 Å². The van der Waals surface area contributed by atoms with Crippen LogP contribution in [0.4, 0.5) is 11.5 Å². The molecule has 0 spiro atoms. The predicted molar refractivity (Wildman–Crippen MR) is 71.0 cm³/mol. The van der Waals surface area contributed by atoms with Crippen LogP contribution in [0.5, 0.6) is 0 Å². The molecule has 0 atom stereocenters. The summed E-state index contributed by atoms with van der Waals surface area (Å²) in [6, 6.07) is 9.40. The predicted octanol–water partition coefficient (Wildman–Crippen LogP) is 3.36. The Labute approximate surface area is 110 Å². The topological polar surface area (TPSA) is 61.6 Å². The van der Waals surface area contributed by atoms with Crippen molar-refractivity contribution in [3.8, 4) is 6.07 Å². The average Bonchev–Trinajstić information content (AvgIpc) is 2.27. The number of halogens is 1. The Hall–Kier alpha value is -2.12. The molecule has 1 aromatic heterocycles. The summed E-state index contributed by atoms with van der Waals surface area (Å²) < 4.78 is 0. The van der Waals surface area contributed by atoms with Gasteiger partial charge in [0.15, 0.2) is 0 Å². The molecule has 1 N–H and O–H groups in total. The highest BCUT2D eigenvalue weighted by atomic mass is 35.5. The maximum absolute atomic E-state index is 9.14. The lowest BCUT2D eigenvalue weighted by atomic mass is 10.1. The molecule has 5 heteroatoms. The van der Waals surface area contributed by atoms with Crippen LogP contribution in [-0.2, 0) is 0 Å². The van der Waals surface area contributed by atoms with Gasteiger partial charge in [-0.2, -0.15) is 5.26 Å². The van der Waals surface area contributed by atoms with Crippen LogP contribution in [0.1, 0.15) is 17.0 Å². The van der Waals surface area contributed by atoms with Crippen molar-refractivity contribution in [3.63, 3.8) is 0 Å². The number of nitriles is 1. The molecular formula is C13H11ClN4. The molecule has 0 radical (unpaired) electrons. The SMILES string of the molecule is Cc1nc(Cl)cc(Nc2cccc(C)c2C#N)n1. The molecule has 0 aliphatic rings. The van der Waals surface area contributed by atoms with E-state index in [0.717, 1.165) is 5.56 Å². The van der Waals surface area contributed by atoms with Crippen molar-refractivity contribution in [2.75, 3.05) is 5.32 Å². The minimum absolute atomic E-state index is 0.371. The van der Waals surface area contributed by atoms with Crippen LogP contribution in [0, 0.1) is 25.2 Å². The number of benzene rings is 1. The van der Waals surface area contributed by atoms with E-state index in [1.54, 1.807) is 13.0 Å². The normalized spacial score (nSPS) is 9.89. The van der Waals surface area contributed by atoms with Crippen LogP contribution in [0.2, 0.25) is 5.15 Å². The number of aryl methyl sites for hydroxylation is 2. The molecule has 0 unspecified atom stereocenters. The standard InChI is InChI=1S/C13H11ClN4/c1-8-4-3-5-11(10(8)7-15)18-13-6-12(14)16-9(2)17-13/h3-6H,1-2H3,(H,16,17,18). The maximum Gasteiger partial charge on any atom is 0.135 e. The van der Waals surface area contributed by atoms with Gasteiger partial charge >= 0.3 is 0 Å². The second kappa shape index (κ2) is 5.03. The first-order chi connectivity index (χ1) is 8.60. The summed E-state index contributed by atoms with van der Waals surface area (Å²) in [6.45, 7) is 3.65. The lowest BCUT2D eigenvalue weighted by Crippen LogP contribution is -2.00.